The van der Waals surface area contributed by atoms with E-state index in [1.165, 1.54) is 28.8 Å². The molecule has 0 aliphatic heterocycles. The maximum atomic E-state index is 12.9. The van der Waals surface area contributed by atoms with Crippen LogP contribution in [-0.2, 0) is 27.8 Å². The van der Waals surface area contributed by atoms with E-state index in [9.17, 15) is 14.7 Å². The monoisotopic (exact) mass is 687 g/mol. The van der Waals surface area contributed by atoms with Crippen molar-refractivity contribution in [1.82, 2.24) is 4.98 Å². The summed E-state index contributed by atoms with van der Waals surface area (Å²) in [4.78, 5) is 28.7. The van der Waals surface area contributed by atoms with Gasteiger partial charge in [0.1, 0.15) is 17.0 Å². The molecular weight excluding hydrogens is 638 g/mol. The van der Waals surface area contributed by atoms with Crippen molar-refractivity contribution in [3.8, 4) is 11.5 Å². The van der Waals surface area contributed by atoms with Gasteiger partial charge in [0, 0.05) is 34.6 Å². The smallest absolute Gasteiger partial charge is 0.329 e. The largest absolute Gasteiger partial charge is 0.494 e. The van der Waals surface area contributed by atoms with Crippen molar-refractivity contribution >= 4 is 29.2 Å². The Morgan fingerprint density at radius 3 is 2.67 bits per heavy atom. The van der Waals surface area contributed by atoms with Crippen LogP contribution in [0.3, 0.4) is 0 Å². The zero-order valence-corrected chi connectivity index (χ0v) is 29.6. The molecule has 6 rings (SSSR count). The summed E-state index contributed by atoms with van der Waals surface area (Å²) in [5.74, 6) is 1.76. The van der Waals surface area contributed by atoms with Crippen molar-refractivity contribution in [2.45, 2.75) is 108 Å². The third kappa shape index (κ3) is 7.69. The second kappa shape index (κ2) is 15.0. The van der Waals surface area contributed by atoms with Gasteiger partial charge in [-0.15, -0.1) is 0 Å². The highest BCUT2D eigenvalue weighted by Crippen LogP contribution is 2.56. The molecule has 0 radical (unpaired) electrons. The van der Waals surface area contributed by atoms with Crippen LogP contribution in [0.1, 0.15) is 106 Å². The Morgan fingerprint density at radius 1 is 1.10 bits per heavy atom. The molecule has 2 aromatic carbocycles. The van der Waals surface area contributed by atoms with E-state index < -0.39 is 11.5 Å². The van der Waals surface area contributed by atoms with E-state index in [1.54, 1.807) is 12.1 Å². The van der Waals surface area contributed by atoms with Crippen molar-refractivity contribution in [3.63, 3.8) is 0 Å². The van der Waals surface area contributed by atoms with Crippen molar-refractivity contribution in [2.75, 3.05) is 18.5 Å². The number of carbonyl (C=O) groups is 2. The summed E-state index contributed by atoms with van der Waals surface area (Å²) < 4.78 is 12.7. The van der Waals surface area contributed by atoms with Crippen LogP contribution in [-0.4, -0.2) is 40.7 Å². The van der Waals surface area contributed by atoms with E-state index in [2.05, 4.69) is 36.3 Å². The second-order valence-corrected chi connectivity index (χ2v) is 15.2. The van der Waals surface area contributed by atoms with Crippen molar-refractivity contribution < 1.29 is 24.2 Å². The number of ether oxygens (including phenoxy) is 2. The van der Waals surface area contributed by atoms with Gasteiger partial charge in [0.05, 0.1) is 13.2 Å². The number of aromatic nitrogens is 1. The molecule has 9 heteroatoms. The summed E-state index contributed by atoms with van der Waals surface area (Å²) in [6.07, 6.45) is 11.4. The van der Waals surface area contributed by atoms with Crippen LogP contribution in [0.5, 0.6) is 11.5 Å². The Kier molecular flexibility index (Phi) is 10.7. The van der Waals surface area contributed by atoms with Gasteiger partial charge in [-0.2, -0.15) is 0 Å². The standard InChI is InChI=1S/C40H50ClN3O5/c1-26(25-49-35-14-19-43-34-10-5-7-27(2)37(34)35)21-29-22-28-12-13-32(48-20-4-3-11-36(42)45)24-33(28)39(29)15-17-40(18-16-39,38(46)47)44-31-9-6-8-30(41)23-31/h6,8-9,12-14,19,23-24,26-27,29,44H,3-5,7,10-11,15-18,20-22,25H2,1-2H3,(H2,42,45)(H,46,47)/t26-,27-,29?,39?,40?/m1/s1. The highest BCUT2D eigenvalue weighted by atomic mass is 35.5. The van der Waals surface area contributed by atoms with Crippen LogP contribution in [0, 0.1) is 11.8 Å². The summed E-state index contributed by atoms with van der Waals surface area (Å²) in [7, 11) is 0. The molecule has 0 saturated heterocycles. The summed E-state index contributed by atoms with van der Waals surface area (Å²) >= 11 is 6.27. The number of anilines is 1. The first-order valence-electron chi connectivity index (χ1n) is 18.0. The van der Waals surface area contributed by atoms with Gasteiger partial charge in [0.2, 0.25) is 5.91 Å². The number of unbranched alkanes of at least 4 members (excludes halogenated alkanes) is 1. The Hall–Kier alpha value is -3.78. The van der Waals surface area contributed by atoms with Crippen molar-refractivity contribution in [2.24, 2.45) is 17.6 Å². The van der Waals surface area contributed by atoms with Gasteiger partial charge >= 0.3 is 5.97 Å². The van der Waals surface area contributed by atoms with E-state index in [0.717, 1.165) is 62.1 Å². The number of aliphatic carboxylic acids is 1. The van der Waals surface area contributed by atoms with Crippen molar-refractivity contribution in [3.05, 3.63) is 82.1 Å². The Labute approximate surface area is 295 Å². The number of primary amides is 1. The summed E-state index contributed by atoms with van der Waals surface area (Å²) in [6.45, 7) is 5.69. The van der Waals surface area contributed by atoms with Crippen LogP contribution >= 0.6 is 11.6 Å². The minimum absolute atomic E-state index is 0.172. The second-order valence-electron chi connectivity index (χ2n) is 14.8. The molecule has 3 atom stereocenters. The van der Waals surface area contributed by atoms with E-state index in [0.29, 0.717) is 61.7 Å². The number of fused-ring (bicyclic) bond motifs is 3. The lowest BCUT2D eigenvalue weighted by atomic mass is 9.59. The molecule has 1 heterocycles. The number of carbonyl (C=O) groups excluding carboxylic acids is 1. The van der Waals surface area contributed by atoms with Gasteiger partial charge in [0.15, 0.2) is 0 Å². The van der Waals surface area contributed by atoms with Gasteiger partial charge in [-0.3, -0.25) is 9.78 Å². The molecule has 1 unspecified atom stereocenters. The Morgan fingerprint density at radius 2 is 1.92 bits per heavy atom. The van der Waals surface area contributed by atoms with Crippen LogP contribution in [0.2, 0.25) is 5.02 Å². The van der Waals surface area contributed by atoms with Crippen LogP contribution in [0.15, 0.2) is 54.7 Å². The topological polar surface area (TPSA) is 124 Å². The predicted molar refractivity (Wildman–Crippen MR) is 193 cm³/mol. The number of amides is 1. The number of rotatable bonds is 14. The first kappa shape index (κ1) is 35.1. The normalized spacial score (nSPS) is 24.9. The van der Waals surface area contributed by atoms with Gasteiger partial charge in [-0.1, -0.05) is 37.6 Å². The quantitative estimate of drug-likeness (QED) is 0.146. The molecule has 3 aliphatic rings. The average molecular weight is 688 g/mol. The lowest BCUT2D eigenvalue weighted by Crippen LogP contribution is -2.53. The van der Waals surface area contributed by atoms with Crippen molar-refractivity contribution in [1.29, 1.82) is 0 Å². The van der Waals surface area contributed by atoms with Gasteiger partial charge in [0.25, 0.3) is 0 Å². The summed E-state index contributed by atoms with van der Waals surface area (Å²) in [5.41, 5.74) is 9.84. The number of hydrogen-bond donors (Lipinski definition) is 3. The molecule has 1 amide bonds. The number of benzene rings is 2. The number of carboxylic acid groups (broad SMARTS) is 1. The molecule has 4 N–H and O–H groups in total. The van der Waals surface area contributed by atoms with E-state index in [1.807, 2.05) is 30.5 Å². The number of nitrogens with one attached hydrogen (secondary N) is 1. The minimum atomic E-state index is -1.08. The molecule has 3 aliphatic carbocycles. The highest BCUT2D eigenvalue weighted by Gasteiger charge is 2.54. The predicted octanol–water partition coefficient (Wildman–Crippen LogP) is 8.23. The number of halogens is 1. The third-order valence-corrected chi connectivity index (χ3v) is 11.6. The SMILES string of the molecule is C[C@@H](COc1ccnc2c1[C@H](C)CCC2)CC1Cc2ccc(OCCCCC(N)=O)cc2C12CCC(Nc1cccc(Cl)c1)(C(=O)O)CC2. The van der Waals surface area contributed by atoms with Gasteiger partial charge in [-0.05, 0) is 141 Å². The fraction of sp³-hybridized carbons (Fsp3) is 0.525. The van der Waals surface area contributed by atoms with Gasteiger partial charge < -0.3 is 25.6 Å². The molecule has 1 spiro atoms. The van der Waals surface area contributed by atoms with Crippen LogP contribution in [0.25, 0.3) is 0 Å². The average Bonchev–Trinajstić information content (AvgIpc) is 3.36. The first-order valence-corrected chi connectivity index (χ1v) is 18.4. The van der Waals surface area contributed by atoms with Crippen LogP contribution in [0.4, 0.5) is 5.69 Å². The zero-order valence-electron chi connectivity index (χ0n) is 28.8. The van der Waals surface area contributed by atoms with E-state index >= 15 is 0 Å². The minimum Gasteiger partial charge on any atom is -0.494 e. The molecule has 262 valence electrons. The molecule has 3 aromatic rings. The molecule has 49 heavy (non-hydrogen) atoms. The lowest BCUT2D eigenvalue weighted by molar-refractivity contribution is -0.144. The highest BCUT2D eigenvalue weighted by molar-refractivity contribution is 6.30. The Balaban J connectivity index is 1.21. The van der Waals surface area contributed by atoms with E-state index in [4.69, 9.17) is 26.8 Å². The number of nitrogens with two attached hydrogens (primary N) is 1. The number of carboxylic acids is 1. The third-order valence-electron chi connectivity index (χ3n) is 11.4. The number of hydrogen-bond acceptors (Lipinski definition) is 6. The van der Waals surface area contributed by atoms with Crippen LogP contribution < -0.4 is 20.5 Å². The zero-order chi connectivity index (χ0) is 34.6. The summed E-state index contributed by atoms with van der Waals surface area (Å²) in [5, 5.41) is 14.5. The number of aryl methyl sites for hydroxylation is 1. The number of nitrogens with zero attached hydrogens (tertiary/aromatic N) is 1. The lowest BCUT2D eigenvalue weighted by Gasteiger charge is -2.47. The molecule has 1 saturated carbocycles. The molecule has 1 fully saturated rings. The summed E-state index contributed by atoms with van der Waals surface area (Å²) in [6, 6.07) is 15.8. The molecular formula is C40H50ClN3O5. The van der Waals surface area contributed by atoms with Gasteiger partial charge in [-0.25, -0.2) is 4.79 Å². The Bertz CT molecular complexity index is 1650. The molecule has 8 nitrogen and oxygen atoms in total. The molecule has 0 bridgehead atoms. The fourth-order valence-corrected chi connectivity index (χ4v) is 8.95. The molecule has 1 aromatic heterocycles. The maximum Gasteiger partial charge on any atom is 0.329 e. The first-order chi connectivity index (χ1) is 23.6. The maximum absolute atomic E-state index is 12.9. The fourth-order valence-electron chi connectivity index (χ4n) is 8.76. The number of pyridine rings is 1. The van der Waals surface area contributed by atoms with E-state index in [-0.39, 0.29) is 11.3 Å².